The van der Waals surface area contributed by atoms with Crippen molar-refractivity contribution >= 4 is 23.1 Å². The number of benzene rings is 2. The van der Waals surface area contributed by atoms with Crippen molar-refractivity contribution in [3.05, 3.63) is 71.6 Å². The number of likely N-dealkylation sites (N-methyl/N-ethyl adjacent to an activating group) is 1. The Hall–Kier alpha value is -2.95. The van der Waals surface area contributed by atoms with Gasteiger partial charge in [0, 0.05) is 30.8 Å². The van der Waals surface area contributed by atoms with E-state index in [-0.39, 0.29) is 11.8 Å². The van der Waals surface area contributed by atoms with Crippen LogP contribution >= 0.6 is 0 Å². The van der Waals surface area contributed by atoms with Gasteiger partial charge in [0.05, 0.1) is 0 Å². The monoisotopic (exact) mass is 366 g/mol. The highest BCUT2D eigenvalue weighted by Gasteiger charge is 2.44. The number of allylic oxidation sites excluding steroid dienone is 1. The van der Waals surface area contributed by atoms with Crippen LogP contribution in [0, 0.1) is 18.7 Å². The van der Waals surface area contributed by atoms with Crippen molar-refractivity contribution in [1.82, 2.24) is 4.90 Å². The lowest BCUT2D eigenvalue weighted by Crippen LogP contribution is -2.33. The molecule has 0 saturated carbocycles. The molecule has 2 atom stereocenters. The fraction of sp³-hybridized carbons (Fsp3) is 0.273. The first-order valence-corrected chi connectivity index (χ1v) is 8.86. The van der Waals surface area contributed by atoms with Crippen molar-refractivity contribution in [2.24, 2.45) is 5.92 Å². The molecule has 1 fully saturated rings. The molecule has 2 aromatic rings. The number of nitrogens with one attached hydrogen (secondary N) is 1. The lowest BCUT2D eigenvalue weighted by atomic mass is 9.87. The Morgan fingerprint density at radius 1 is 1.22 bits per heavy atom. The SMILES string of the molecule is C=C(C)c1ccc([C@H]2CN(C)C(=O)[C@@H]2C(=O)Nc2cccc(F)c2C)cc1. The molecule has 4 nitrogen and oxygen atoms in total. The van der Waals surface area contributed by atoms with Crippen LogP contribution in [0.15, 0.2) is 49.0 Å². The van der Waals surface area contributed by atoms with Gasteiger partial charge in [-0.15, -0.1) is 0 Å². The third kappa shape index (κ3) is 3.63. The summed E-state index contributed by atoms with van der Waals surface area (Å²) in [4.78, 5) is 27.1. The van der Waals surface area contributed by atoms with Crippen molar-refractivity contribution in [1.29, 1.82) is 0 Å². The number of amides is 2. The zero-order valence-corrected chi connectivity index (χ0v) is 15.8. The molecule has 0 spiro atoms. The van der Waals surface area contributed by atoms with E-state index in [1.165, 1.54) is 12.1 Å². The fourth-order valence-electron chi connectivity index (χ4n) is 3.46. The van der Waals surface area contributed by atoms with E-state index in [0.717, 1.165) is 16.7 Å². The summed E-state index contributed by atoms with van der Waals surface area (Å²) in [6.07, 6.45) is 0. The number of likely N-dealkylation sites (tertiary alicyclic amines) is 1. The van der Waals surface area contributed by atoms with Gasteiger partial charge < -0.3 is 10.2 Å². The number of carbonyl (C=O) groups is 2. The zero-order valence-electron chi connectivity index (χ0n) is 15.8. The second kappa shape index (κ2) is 7.35. The Kier molecular flexibility index (Phi) is 5.13. The third-order valence-electron chi connectivity index (χ3n) is 5.15. The maximum atomic E-state index is 13.8. The van der Waals surface area contributed by atoms with Crippen LogP contribution in [0.4, 0.5) is 10.1 Å². The summed E-state index contributed by atoms with van der Waals surface area (Å²) in [5, 5.41) is 2.73. The summed E-state index contributed by atoms with van der Waals surface area (Å²) >= 11 is 0. The zero-order chi connectivity index (χ0) is 19.7. The minimum atomic E-state index is -0.839. The van der Waals surface area contributed by atoms with Crippen molar-refractivity contribution in [2.45, 2.75) is 19.8 Å². The largest absolute Gasteiger partial charge is 0.344 e. The molecule has 27 heavy (non-hydrogen) atoms. The Balaban J connectivity index is 1.88. The van der Waals surface area contributed by atoms with Gasteiger partial charge in [0.25, 0.3) is 0 Å². The topological polar surface area (TPSA) is 49.4 Å². The maximum absolute atomic E-state index is 13.8. The van der Waals surface area contributed by atoms with E-state index in [0.29, 0.717) is 17.8 Å². The van der Waals surface area contributed by atoms with Gasteiger partial charge in [-0.2, -0.15) is 0 Å². The normalized spacial score (nSPS) is 19.3. The molecule has 1 saturated heterocycles. The predicted molar refractivity (Wildman–Crippen MR) is 105 cm³/mol. The van der Waals surface area contributed by atoms with Crippen molar-refractivity contribution < 1.29 is 14.0 Å². The summed E-state index contributed by atoms with van der Waals surface area (Å²) < 4.78 is 13.8. The van der Waals surface area contributed by atoms with E-state index in [1.54, 1.807) is 24.9 Å². The molecule has 3 rings (SSSR count). The van der Waals surface area contributed by atoms with Crippen molar-refractivity contribution in [2.75, 3.05) is 18.9 Å². The van der Waals surface area contributed by atoms with Crippen molar-refractivity contribution in [3.8, 4) is 0 Å². The molecule has 140 valence electrons. The smallest absolute Gasteiger partial charge is 0.237 e. The first-order valence-electron chi connectivity index (χ1n) is 8.86. The van der Waals surface area contributed by atoms with Gasteiger partial charge in [-0.1, -0.05) is 42.5 Å². The average Bonchev–Trinajstić information content (AvgIpc) is 2.94. The molecule has 0 aliphatic carbocycles. The van der Waals surface area contributed by atoms with Crippen molar-refractivity contribution in [3.63, 3.8) is 0 Å². The number of hydrogen-bond donors (Lipinski definition) is 1. The summed E-state index contributed by atoms with van der Waals surface area (Å²) in [6.45, 7) is 7.92. The molecule has 0 bridgehead atoms. The predicted octanol–water partition coefficient (Wildman–Crippen LogP) is 3.98. The van der Waals surface area contributed by atoms with Gasteiger partial charge in [0.1, 0.15) is 11.7 Å². The highest BCUT2D eigenvalue weighted by atomic mass is 19.1. The van der Waals surface area contributed by atoms with Gasteiger partial charge in [-0.05, 0) is 37.1 Å². The lowest BCUT2D eigenvalue weighted by molar-refractivity contribution is -0.135. The minimum absolute atomic E-state index is 0.226. The van der Waals surface area contributed by atoms with Gasteiger partial charge in [-0.3, -0.25) is 9.59 Å². The number of hydrogen-bond acceptors (Lipinski definition) is 2. The number of carbonyl (C=O) groups excluding carboxylic acids is 2. The van der Waals surface area contributed by atoms with Gasteiger partial charge >= 0.3 is 0 Å². The van der Waals surface area contributed by atoms with Gasteiger partial charge in [-0.25, -0.2) is 4.39 Å². The summed E-state index contributed by atoms with van der Waals surface area (Å²) in [5.41, 5.74) is 3.64. The van der Waals surface area contributed by atoms with E-state index in [1.807, 2.05) is 31.2 Å². The number of nitrogens with zero attached hydrogens (tertiary/aromatic N) is 1. The van der Waals surface area contributed by atoms with Gasteiger partial charge in [0.2, 0.25) is 11.8 Å². The van der Waals surface area contributed by atoms with Crippen LogP contribution in [0.25, 0.3) is 5.57 Å². The molecule has 2 amide bonds. The first kappa shape index (κ1) is 18.8. The molecule has 0 radical (unpaired) electrons. The molecule has 1 N–H and O–H groups in total. The highest BCUT2D eigenvalue weighted by molar-refractivity contribution is 6.08. The number of halogens is 1. The summed E-state index contributed by atoms with van der Waals surface area (Å²) in [7, 11) is 1.69. The van der Waals surface area contributed by atoms with E-state index < -0.39 is 17.6 Å². The van der Waals surface area contributed by atoms with Crippen LogP contribution in [0.5, 0.6) is 0 Å². The minimum Gasteiger partial charge on any atom is -0.344 e. The van der Waals surface area contributed by atoms with E-state index in [2.05, 4.69) is 11.9 Å². The molecule has 0 aromatic heterocycles. The average molecular weight is 366 g/mol. The molecular formula is C22H23FN2O2. The van der Waals surface area contributed by atoms with E-state index in [9.17, 15) is 14.0 Å². The molecule has 2 aromatic carbocycles. The van der Waals surface area contributed by atoms with Crippen LogP contribution in [-0.4, -0.2) is 30.3 Å². The summed E-state index contributed by atoms with van der Waals surface area (Å²) in [6, 6.07) is 12.3. The fourth-order valence-corrected chi connectivity index (χ4v) is 3.46. The maximum Gasteiger partial charge on any atom is 0.237 e. The van der Waals surface area contributed by atoms with Crippen LogP contribution in [0.2, 0.25) is 0 Å². The number of anilines is 1. The van der Waals surface area contributed by atoms with Crippen LogP contribution in [-0.2, 0) is 9.59 Å². The molecule has 1 aliphatic heterocycles. The molecule has 0 unspecified atom stereocenters. The second-order valence-electron chi connectivity index (χ2n) is 7.11. The van der Waals surface area contributed by atoms with E-state index in [4.69, 9.17) is 0 Å². The summed E-state index contributed by atoms with van der Waals surface area (Å²) in [5.74, 6) is -2.12. The Bertz CT molecular complexity index is 905. The quantitative estimate of drug-likeness (QED) is 0.832. The molecular weight excluding hydrogens is 343 g/mol. The highest BCUT2D eigenvalue weighted by Crippen LogP contribution is 2.34. The second-order valence-corrected chi connectivity index (χ2v) is 7.11. The number of rotatable bonds is 4. The standard InChI is InChI=1S/C22H23FN2O2/c1-13(2)15-8-10-16(11-9-15)17-12-25(4)22(27)20(17)21(26)24-19-7-5-6-18(23)14(19)3/h5-11,17,20H,1,12H2,2-4H3,(H,24,26)/t17-,20+/m1/s1. The molecule has 5 heteroatoms. The molecule has 1 heterocycles. The first-order chi connectivity index (χ1) is 12.8. The Morgan fingerprint density at radius 2 is 1.89 bits per heavy atom. The van der Waals surface area contributed by atoms with Crippen LogP contribution < -0.4 is 5.32 Å². The van der Waals surface area contributed by atoms with Gasteiger partial charge in [0.15, 0.2) is 0 Å². The van der Waals surface area contributed by atoms with Crippen LogP contribution in [0.3, 0.4) is 0 Å². The lowest BCUT2D eigenvalue weighted by Gasteiger charge is -2.18. The Labute approximate surface area is 158 Å². The molecule has 1 aliphatic rings. The Morgan fingerprint density at radius 3 is 2.52 bits per heavy atom. The van der Waals surface area contributed by atoms with Crippen LogP contribution in [0.1, 0.15) is 29.5 Å². The third-order valence-corrected chi connectivity index (χ3v) is 5.15. The van der Waals surface area contributed by atoms with E-state index >= 15 is 0 Å².